The Morgan fingerprint density at radius 1 is 1.00 bits per heavy atom. The standard InChI is InChI=1S/C23H24N2O2/c1-16-4-5-17(2)22(14-16)27-18(3)23(26)25-21-8-6-19(7-9-21)15-20-10-12-24-13-11-20/h4-14,18H,15H2,1-3H3,(H,25,26)/t18-/m1/s1. The Morgan fingerprint density at radius 3 is 2.37 bits per heavy atom. The molecule has 1 amide bonds. The van der Waals surface area contributed by atoms with Crippen molar-refractivity contribution in [3.8, 4) is 5.75 Å². The van der Waals surface area contributed by atoms with E-state index in [1.54, 1.807) is 19.3 Å². The molecule has 0 saturated heterocycles. The number of rotatable bonds is 6. The molecule has 138 valence electrons. The summed E-state index contributed by atoms with van der Waals surface area (Å²) in [5.74, 6) is 0.572. The van der Waals surface area contributed by atoms with Gasteiger partial charge in [-0.25, -0.2) is 0 Å². The molecule has 2 aromatic carbocycles. The van der Waals surface area contributed by atoms with Gasteiger partial charge in [-0.3, -0.25) is 9.78 Å². The summed E-state index contributed by atoms with van der Waals surface area (Å²) < 4.78 is 5.84. The fourth-order valence-electron chi connectivity index (χ4n) is 2.76. The number of carbonyl (C=O) groups excluding carboxylic acids is 1. The SMILES string of the molecule is Cc1ccc(C)c(O[C@H](C)C(=O)Nc2ccc(Cc3ccncc3)cc2)c1. The lowest BCUT2D eigenvalue weighted by molar-refractivity contribution is -0.122. The van der Waals surface area contributed by atoms with Crippen LogP contribution in [0.15, 0.2) is 67.0 Å². The summed E-state index contributed by atoms with van der Waals surface area (Å²) in [4.78, 5) is 16.5. The van der Waals surface area contributed by atoms with Crippen molar-refractivity contribution in [1.29, 1.82) is 0 Å². The summed E-state index contributed by atoms with van der Waals surface area (Å²) >= 11 is 0. The van der Waals surface area contributed by atoms with Crippen LogP contribution in [0.3, 0.4) is 0 Å². The summed E-state index contributed by atoms with van der Waals surface area (Å²) in [5.41, 5.74) is 5.26. The molecule has 0 aliphatic carbocycles. The van der Waals surface area contributed by atoms with Crippen LogP contribution in [0.4, 0.5) is 5.69 Å². The molecule has 0 saturated carbocycles. The maximum atomic E-state index is 12.4. The third-order valence-electron chi connectivity index (χ3n) is 4.40. The van der Waals surface area contributed by atoms with Crippen molar-refractivity contribution in [2.24, 2.45) is 0 Å². The molecule has 0 radical (unpaired) electrons. The van der Waals surface area contributed by atoms with E-state index in [9.17, 15) is 4.79 Å². The number of benzene rings is 2. The first kappa shape index (κ1) is 18.6. The third-order valence-corrected chi connectivity index (χ3v) is 4.40. The molecule has 0 aliphatic rings. The zero-order chi connectivity index (χ0) is 19.2. The number of hydrogen-bond acceptors (Lipinski definition) is 3. The van der Waals surface area contributed by atoms with E-state index in [2.05, 4.69) is 10.3 Å². The van der Waals surface area contributed by atoms with Crippen molar-refractivity contribution in [2.75, 3.05) is 5.32 Å². The molecule has 3 aromatic rings. The highest BCUT2D eigenvalue weighted by Crippen LogP contribution is 2.21. The average Bonchev–Trinajstić information content (AvgIpc) is 2.67. The number of ether oxygens (including phenoxy) is 1. The van der Waals surface area contributed by atoms with E-state index in [4.69, 9.17) is 4.74 Å². The van der Waals surface area contributed by atoms with E-state index in [0.29, 0.717) is 0 Å². The Bertz CT molecular complexity index is 905. The molecule has 1 atom stereocenters. The van der Waals surface area contributed by atoms with Crippen LogP contribution in [0.1, 0.15) is 29.2 Å². The number of aromatic nitrogens is 1. The number of pyridine rings is 1. The van der Waals surface area contributed by atoms with Crippen molar-refractivity contribution in [3.63, 3.8) is 0 Å². The summed E-state index contributed by atoms with van der Waals surface area (Å²) in [6, 6.07) is 17.9. The second-order valence-corrected chi connectivity index (χ2v) is 6.75. The molecule has 1 N–H and O–H groups in total. The lowest BCUT2D eigenvalue weighted by atomic mass is 10.1. The Balaban J connectivity index is 1.59. The molecule has 3 rings (SSSR count). The van der Waals surface area contributed by atoms with Gasteiger partial charge in [-0.1, -0.05) is 24.3 Å². The monoisotopic (exact) mass is 360 g/mol. The predicted octanol–water partition coefficient (Wildman–Crippen LogP) is 4.70. The minimum Gasteiger partial charge on any atom is -0.481 e. The molecule has 1 heterocycles. The van der Waals surface area contributed by atoms with Gasteiger partial charge in [-0.05, 0) is 79.8 Å². The molecular formula is C23H24N2O2. The Morgan fingerprint density at radius 2 is 1.67 bits per heavy atom. The lowest BCUT2D eigenvalue weighted by Gasteiger charge is -2.17. The summed E-state index contributed by atoms with van der Waals surface area (Å²) in [5, 5.41) is 2.91. The summed E-state index contributed by atoms with van der Waals surface area (Å²) in [6.07, 6.45) is 3.84. The van der Waals surface area contributed by atoms with Crippen molar-refractivity contribution < 1.29 is 9.53 Å². The van der Waals surface area contributed by atoms with E-state index in [1.807, 2.05) is 68.4 Å². The van der Waals surface area contributed by atoms with Gasteiger partial charge in [0.25, 0.3) is 5.91 Å². The van der Waals surface area contributed by atoms with Gasteiger partial charge in [0, 0.05) is 18.1 Å². The molecule has 0 fully saturated rings. The van der Waals surface area contributed by atoms with Crippen molar-refractivity contribution in [1.82, 2.24) is 4.98 Å². The molecule has 0 aliphatic heterocycles. The first-order valence-corrected chi connectivity index (χ1v) is 9.04. The first-order chi connectivity index (χ1) is 13.0. The van der Waals surface area contributed by atoms with Crippen LogP contribution in [-0.4, -0.2) is 17.0 Å². The van der Waals surface area contributed by atoms with Crippen LogP contribution < -0.4 is 10.1 Å². The molecule has 0 spiro atoms. The number of aryl methyl sites for hydroxylation is 2. The van der Waals surface area contributed by atoms with Crippen LogP contribution in [0, 0.1) is 13.8 Å². The Kier molecular flexibility index (Phi) is 5.87. The Hall–Kier alpha value is -3.14. The molecule has 1 aromatic heterocycles. The van der Waals surface area contributed by atoms with E-state index in [0.717, 1.165) is 29.0 Å². The van der Waals surface area contributed by atoms with E-state index >= 15 is 0 Å². The summed E-state index contributed by atoms with van der Waals surface area (Å²) in [7, 11) is 0. The van der Waals surface area contributed by atoms with Crippen LogP contribution in [0.25, 0.3) is 0 Å². The zero-order valence-electron chi connectivity index (χ0n) is 15.9. The van der Waals surface area contributed by atoms with Crippen LogP contribution >= 0.6 is 0 Å². The molecule has 4 nitrogen and oxygen atoms in total. The van der Waals surface area contributed by atoms with Gasteiger partial charge in [-0.2, -0.15) is 0 Å². The second-order valence-electron chi connectivity index (χ2n) is 6.75. The molecule has 4 heteroatoms. The molecule has 0 unspecified atom stereocenters. The van der Waals surface area contributed by atoms with Gasteiger partial charge in [0.05, 0.1) is 0 Å². The largest absolute Gasteiger partial charge is 0.481 e. The van der Waals surface area contributed by atoms with Crippen LogP contribution in [-0.2, 0) is 11.2 Å². The maximum Gasteiger partial charge on any atom is 0.265 e. The molecule has 27 heavy (non-hydrogen) atoms. The van der Waals surface area contributed by atoms with Gasteiger partial charge < -0.3 is 10.1 Å². The minimum atomic E-state index is -0.581. The third kappa shape index (κ3) is 5.17. The van der Waals surface area contributed by atoms with Crippen molar-refractivity contribution >= 4 is 11.6 Å². The fraction of sp³-hybridized carbons (Fsp3) is 0.217. The van der Waals surface area contributed by atoms with Gasteiger partial charge >= 0.3 is 0 Å². The van der Waals surface area contributed by atoms with Gasteiger partial charge in [-0.15, -0.1) is 0 Å². The number of hydrogen-bond donors (Lipinski definition) is 1. The normalized spacial score (nSPS) is 11.7. The zero-order valence-corrected chi connectivity index (χ0v) is 15.9. The number of nitrogens with zero attached hydrogens (tertiary/aromatic N) is 1. The molecule has 0 bridgehead atoms. The highest BCUT2D eigenvalue weighted by atomic mass is 16.5. The highest BCUT2D eigenvalue weighted by Gasteiger charge is 2.16. The second kappa shape index (κ2) is 8.49. The quantitative estimate of drug-likeness (QED) is 0.693. The van der Waals surface area contributed by atoms with Gasteiger partial charge in [0.1, 0.15) is 5.75 Å². The Labute approximate surface area is 160 Å². The summed E-state index contributed by atoms with van der Waals surface area (Å²) in [6.45, 7) is 5.74. The van der Waals surface area contributed by atoms with E-state index in [1.165, 1.54) is 11.1 Å². The lowest BCUT2D eigenvalue weighted by Crippen LogP contribution is -2.30. The van der Waals surface area contributed by atoms with Crippen LogP contribution in [0.2, 0.25) is 0 Å². The van der Waals surface area contributed by atoms with E-state index < -0.39 is 6.10 Å². The van der Waals surface area contributed by atoms with Crippen LogP contribution in [0.5, 0.6) is 5.75 Å². The maximum absolute atomic E-state index is 12.4. The smallest absolute Gasteiger partial charge is 0.265 e. The van der Waals surface area contributed by atoms with Crippen molar-refractivity contribution in [2.45, 2.75) is 33.3 Å². The number of amides is 1. The number of anilines is 1. The highest BCUT2D eigenvalue weighted by molar-refractivity contribution is 5.94. The van der Waals surface area contributed by atoms with E-state index in [-0.39, 0.29) is 5.91 Å². The predicted molar refractivity (Wildman–Crippen MR) is 108 cm³/mol. The average molecular weight is 360 g/mol. The fourth-order valence-corrected chi connectivity index (χ4v) is 2.76. The molecular weight excluding hydrogens is 336 g/mol. The number of carbonyl (C=O) groups is 1. The van der Waals surface area contributed by atoms with Crippen molar-refractivity contribution in [3.05, 3.63) is 89.2 Å². The van der Waals surface area contributed by atoms with Gasteiger partial charge in [0.2, 0.25) is 0 Å². The topological polar surface area (TPSA) is 51.2 Å². The van der Waals surface area contributed by atoms with Gasteiger partial charge in [0.15, 0.2) is 6.10 Å². The minimum absolute atomic E-state index is 0.169. The first-order valence-electron chi connectivity index (χ1n) is 9.04. The number of nitrogens with one attached hydrogen (secondary N) is 1.